The third kappa shape index (κ3) is 4.64. The maximum atomic E-state index is 12.9. The van der Waals surface area contributed by atoms with Crippen LogP contribution in [-0.2, 0) is 13.0 Å². The van der Waals surface area contributed by atoms with Gasteiger partial charge in [-0.3, -0.25) is 9.69 Å². The third-order valence-electron chi connectivity index (χ3n) is 5.90. The van der Waals surface area contributed by atoms with E-state index in [0.717, 1.165) is 12.1 Å². The summed E-state index contributed by atoms with van der Waals surface area (Å²) in [4.78, 5) is 16.4. The fourth-order valence-electron chi connectivity index (χ4n) is 4.52. The first kappa shape index (κ1) is 20.8. The molecule has 1 N–H and O–H groups in total. The van der Waals surface area contributed by atoms with Crippen molar-refractivity contribution in [2.75, 3.05) is 24.5 Å². The summed E-state index contributed by atoms with van der Waals surface area (Å²) in [6.07, 6.45) is -0.499. The number of rotatable bonds is 5. The number of piperidine rings is 1. The Morgan fingerprint density at radius 2 is 2.07 bits per heavy atom. The Hall–Kier alpha value is -2.48. The van der Waals surface area contributed by atoms with Gasteiger partial charge in [0.05, 0.1) is 24.9 Å². The van der Waals surface area contributed by atoms with Gasteiger partial charge in [-0.25, -0.2) is 0 Å². The van der Waals surface area contributed by atoms with Gasteiger partial charge in [-0.1, -0.05) is 18.2 Å². The molecule has 5 nitrogen and oxygen atoms in total. The summed E-state index contributed by atoms with van der Waals surface area (Å²) in [7, 11) is 0. The number of para-hydroxylation sites is 1. The Kier molecular flexibility index (Phi) is 5.77. The highest BCUT2D eigenvalue weighted by molar-refractivity contribution is 5.95. The minimum atomic E-state index is -4.23. The summed E-state index contributed by atoms with van der Waals surface area (Å²) in [5, 5.41) is 2.91. The smallest absolute Gasteiger partial charge is 0.401 e. The molecule has 0 unspecified atom stereocenters. The standard InChI is InChI=1S/C22H26F3N3O2/c1-15-11-16-5-2-3-7-19(16)28(15)13-20-18(8-10-30-20)21(29)26-17-6-4-9-27(12-17)14-22(23,24)25/h2-3,5,7-8,10,15,17H,4,6,9,11-14H2,1H3,(H,26,29)/t15-,17+/m0/s1. The number of carbonyl (C=O) groups is 1. The number of halogens is 3. The van der Waals surface area contributed by atoms with Gasteiger partial charge in [0.2, 0.25) is 0 Å². The molecule has 0 saturated carbocycles. The highest BCUT2D eigenvalue weighted by atomic mass is 19.4. The molecular formula is C22H26F3N3O2. The topological polar surface area (TPSA) is 48.7 Å². The SMILES string of the molecule is C[C@H]1Cc2ccccc2N1Cc1occc1C(=O)N[C@@H]1CCCN(CC(F)(F)F)C1. The highest BCUT2D eigenvalue weighted by Gasteiger charge is 2.34. The summed E-state index contributed by atoms with van der Waals surface area (Å²) in [5.41, 5.74) is 2.86. The number of nitrogens with zero attached hydrogens (tertiary/aromatic N) is 2. The van der Waals surface area contributed by atoms with Gasteiger partial charge < -0.3 is 14.6 Å². The number of carbonyl (C=O) groups excluding carboxylic acids is 1. The summed E-state index contributed by atoms with van der Waals surface area (Å²) in [6, 6.07) is 9.81. The molecule has 0 bridgehead atoms. The van der Waals surface area contributed by atoms with Crippen molar-refractivity contribution in [2.24, 2.45) is 0 Å². The monoisotopic (exact) mass is 421 g/mol. The van der Waals surface area contributed by atoms with Gasteiger partial charge >= 0.3 is 6.18 Å². The van der Waals surface area contributed by atoms with Crippen LogP contribution < -0.4 is 10.2 Å². The van der Waals surface area contributed by atoms with E-state index in [1.165, 1.54) is 16.7 Å². The van der Waals surface area contributed by atoms with Crippen molar-refractivity contribution in [3.63, 3.8) is 0 Å². The Bertz CT molecular complexity index is 896. The Morgan fingerprint density at radius 3 is 2.87 bits per heavy atom. The van der Waals surface area contributed by atoms with Crippen LogP contribution in [0.4, 0.5) is 18.9 Å². The molecule has 3 heterocycles. The van der Waals surface area contributed by atoms with Gasteiger partial charge in [-0.05, 0) is 50.4 Å². The number of amides is 1. The minimum absolute atomic E-state index is 0.203. The van der Waals surface area contributed by atoms with Crippen molar-refractivity contribution in [3.05, 3.63) is 53.5 Å². The molecule has 8 heteroatoms. The fraction of sp³-hybridized carbons (Fsp3) is 0.500. The summed E-state index contributed by atoms with van der Waals surface area (Å²) in [6.45, 7) is 2.27. The predicted molar refractivity (Wildman–Crippen MR) is 107 cm³/mol. The number of nitrogens with one attached hydrogen (secondary N) is 1. The first-order chi connectivity index (χ1) is 14.3. The Labute approximate surface area is 173 Å². The van der Waals surface area contributed by atoms with E-state index in [1.54, 1.807) is 6.07 Å². The molecule has 1 aromatic carbocycles. The van der Waals surface area contributed by atoms with Gasteiger partial charge in [0.1, 0.15) is 5.76 Å². The van der Waals surface area contributed by atoms with E-state index in [2.05, 4.69) is 29.3 Å². The fourth-order valence-corrected chi connectivity index (χ4v) is 4.52. The molecule has 30 heavy (non-hydrogen) atoms. The number of benzene rings is 1. The molecule has 0 radical (unpaired) electrons. The van der Waals surface area contributed by atoms with E-state index < -0.39 is 12.7 Å². The van der Waals surface area contributed by atoms with Crippen molar-refractivity contribution in [3.8, 4) is 0 Å². The summed E-state index contributed by atoms with van der Waals surface area (Å²) in [5.74, 6) is 0.275. The molecule has 1 fully saturated rings. The second-order valence-electron chi connectivity index (χ2n) is 8.23. The van der Waals surface area contributed by atoms with Crippen LogP contribution in [0.25, 0.3) is 0 Å². The van der Waals surface area contributed by atoms with Crippen molar-refractivity contribution in [2.45, 2.75) is 51.0 Å². The Balaban J connectivity index is 1.41. The summed E-state index contributed by atoms with van der Waals surface area (Å²) >= 11 is 0. The van der Waals surface area contributed by atoms with Crippen LogP contribution in [0.3, 0.4) is 0 Å². The minimum Gasteiger partial charge on any atom is -0.467 e. The van der Waals surface area contributed by atoms with E-state index in [1.807, 2.05) is 12.1 Å². The number of anilines is 1. The van der Waals surface area contributed by atoms with Crippen LogP contribution in [0.15, 0.2) is 41.0 Å². The number of fused-ring (bicyclic) bond motifs is 1. The van der Waals surface area contributed by atoms with Crippen molar-refractivity contribution in [1.82, 2.24) is 10.2 Å². The van der Waals surface area contributed by atoms with Gasteiger partial charge in [-0.2, -0.15) is 13.2 Å². The maximum absolute atomic E-state index is 12.9. The van der Waals surface area contributed by atoms with Crippen LogP contribution >= 0.6 is 0 Å². The number of alkyl halides is 3. The van der Waals surface area contributed by atoms with Gasteiger partial charge in [0, 0.05) is 24.3 Å². The number of likely N-dealkylation sites (tertiary alicyclic amines) is 1. The zero-order valence-electron chi connectivity index (χ0n) is 16.9. The number of hydrogen-bond donors (Lipinski definition) is 1. The number of furan rings is 1. The van der Waals surface area contributed by atoms with Crippen LogP contribution in [0, 0.1) is 0 Å². The van der Waals surface area contributed by atoms with Crippen molar-refractivity contribution < 1.29 is 22.4 Å². The van der Waals surface area contributed by atoms with Crippen molar-refractivity contribution in [1.29, 1.82) is 0 Å². The van der Waals surface area contributed by atoms with Gasteiger partial charge in [-0.15, -0.1) is 0 Å². The molecule has 0 spiro atoms. The van der Waals surface area contributed by atoms with Gasteiger partial charge in [0.25, 0.3) is 5.91 Å². The first-order valence-electron chi connectivity index (χ1n) is 10.3. The second kappa shape index (κ2) is 8.34. The normalized spacial score (nSPS) is 22.2. The van der Waals surface area contributed by atoms with E-state index in [-0.39, 0.29) is 24.5 Å². The quantitative estimate of drug-likeness (QED) is 0.793. The maximum Gasteiger partial charge on any atom is 0.401 e. The molecule has 2 aliphatic rings. The molecule has 2 aliphatic heterocycles. The lowest BCUT2D eigenvalue weighted by molar-refractivity contribution is -0.148. The average Bonchev–Trinajstić information content (AvgIpc) is 3.26. The molecule has 1 saturated heterocycles. The molecule has 2 atom stereocenters. The lowest BCUT2D eigenvalue weighted by atomic mass is 10.0. The molecule has 2 aromatic rings. The zero-order chi connectivity index (χ0) is 21.3. The average molecular weight is 421 g/mol. The van der Waals surface area contributed by atoms with E-state index in [0.29, 0.717) is 37.3 Å². The highest BCUT2D eigenvalue weighted by Crippen LogP contribution is 2.33. The predicted octanol–water partition coefficient (Wildman–Crippen LogP) is 3.99. The van der Waals surface area contributed by atoms with E-state index in [9.17, 15) is 18.0 Å². The summed E-state index contributed by atoms with van der Waals surface area (Å²) < 4.78 is 43.7. The zero-order valence-corrected chi connectivity index (χ0v) is 16.9. The van der Waals surface area contributed by atoms with Crippen LogP contribution in [-0.4, -0.2) is 48.7 Å². The molecule has 4 rings (SSSR count). The largest absolute Gasteiger partial charge is 0.467 e. The molecule has 0 aliphatic carbocycles. The third-order valence-corrected chi connectivity index (χ3v) is 5.90. The van der Waals surface area contributed by atoms with Crippen LogP contribution in [0.5, 0.6) is 0 Å². The number of hydrogen-bond acceptors (Lipinski definition) is 4. The van der Waals surface area contributed by atoms with Crippen molar-refractivity contribution >= 4 is 11.6 Å². The molecule has 1 amide bonds. The van der Waals surface area contributed by atoms with E-state index in [4.69, 9.17) is 4.42 Å². The Morgan fingerprint density at radius 1 is 1.27 bits per heavy atom. The lowest BCUT2D eigenvalue weighted by Gasteiger charge is -2.33. The molecular weight excluding hydrogens is 395 g/mol. The molecule has 1 aromatic heterocycles. The van der Waals surface area contributed by atoms with Crippen LogP contribution in [0.2, 0.25) is 0 Å². The lowest BCUT2D eigenvalue weighted by Crippen LogP contribution is -2.50. The first-order valence-corrected chi connectivity index (χ1v) is 10.3. The molecule has 162 valence electrons. The second-order valence-corrected chi connectivity index (χ2v) is 8.23. The van der Waals surface area contributed by atoms with Gasteiger partial charge in [0.15, 0.2) is 0 Å². The van der Waals surface area contributed by atoms with Crippen LogP contribution in [0.1, 0.15) is 41.4 Å². The van der Waals surface area contributed by atoms with E-state index >= 15 is 0 Å².